The second kappa shape index (κ2) is 7.69. The number of hydrogen-bond acceptors (Lipinski definition) is 8. The molecule has 2 N–H and O–H groups in total. The maximum atomic E-state index is 14.7. The van der Waals surface area contributed by atoms with E-state index in [9.17, 15) is 14.3 Å². The minimum atomic E-state index is -0.806. The van der Waals surface area contributed by atoms with E-state index in [0.717, 1.165) is 5.56 Å². The zero-order valence-corrected chi connectivity index (χ0v) is 16.6. The Bertz CT molecular complexity index is 1250. The highest BCUT2D eigenvalue weighted by Crippen LogP contribution is 2.40. The highest BCUT2D eigenvalue weighted by molar-refractivity contribution is 7.17. The zero-order chi connectivity index (χ0) is 21.4. The lowest BCUT2D eigenvalue weighted by molar-refractivity contribution is 0.0712. The summed E-state index contributed by atoms with van der Waals surface area (Å²) in [6.45, 7) is 0. The van der Waals surface area contributed by atoms with Gasteiger partial charge in [0.25, 0.3) is 5.91 Å². The van der Waals surface area contributed by atoms with E-state index in [2.05, 4.69) is 30.7 Å². The van der Waals surface area contributed by atoms with Crippen LogP contribution in [0.4, 0.5) is 4.39 Å². The average Bonchev–Trinajstić information content (AvgIpc) is 3.54. The van der Waals surface area contributed by atoms with Gasteiger partial charge in [0.15, 0.2) is 0 Å². The third kappa shape index (κ3) is 3.44. The SMILES string of the molecule is O=C(c1ccc(-c2nn[nH]n2)s1)N1N=C(c2cccnc2)CC1c1c(O)cccc1F. The molecule has 0 saturated carbocycles. The van der Waals surface area contributed by atoms with Gasteiger partial charge in [-0.1, -0.05) is 12.1 Å². The van der Waals surface area contributed by atoms with E-state index in [4.69, 9.17) is 0 Å². The fourth-order valence-corrected chi connectivity index (χ4v) is 4.31. The molecule has 0 bridgehead atoms. The summed E-state index contributed by atoms with van der Waals surface area (Å²) in [4.78, 5) is 18.5. The first-order chi connectivity index (χ1) is 15.1. The van der Waals surface area contributed by atoms with Crippen LogP contribution in [0.3, 0.4) is 0 Å². The quantitative estimate of drug-likeness (QED) is 0.508. The Balaban J connectivity index is 1.55. The molecule has 0 aliphatic carbocycles. The lowest BCUT2D eigenvalue weighted by Gasteiger charge is -2.22. The van der Waals surface area contributed by atoms with Crippen molar-refractivity contribution in [1.82, 2.24) is 30.6 Å². The van der Waals surface area contributed by atoms with Crippen molar-refractivity contribution in [3.8, 4) is 16.5 Å². The van der Waals surface area contributed by atoms with Crippen LogP contribution >= 0.6 is 11.3 Å². The van der Waals surface area contributed by atoms with Gasteiger partial charge in [0.1, 0.15) is 11.6 Å². The number of aromatic hydroxyl groups is 1. The molecule has 154 valence electrons. The fraction of sp³-hybridized carbons (Fsp3) is 0.100. The highest BCUT2D eigenvalue weighted by atomic mass is 32.1. The molecule has 0 radical (unpaired) electrons. The number of phenolic OH excluding ortho intramolecular Hbond substituents is 1. The van der Waals surface area contributed by atoms with Crippen molar-refractivity contribution in [2.45, 2.75) is 12.5 Å². The van der Waals surface area contributed by atoms with Crippen molar-refractivity contribution >= 4 is 23.0 Å². The maximum Gasteiger partial charge on any atom is 0.284 e. The summed E-state index contributed by atoms with van der Waals surface area (Å²) in [6, 6.07) is 10.2. The predicted molar refractivity (Wildman–Crippen MR) is 110 cm³/mol. The molecule has 9 nitrogen and oxygen atoms in total. The molecule has 1 unspecified atom stereocenters. The Hall–Kier alpha value is -3.99. The van der Waals surface area contributed by atoms with Crippen molar-refractivity contribution in [1.29, 1.82) is 0 Å². The maximum absolute atomic E-state index is 14.7. The number of aromatic nitrogens is 5. The number of halogens is 1. The Morgan fingerprint density at radius 1 is 1.23 bits per heavy atom. The van der Waals surface area contributed by atoms with E-state index in [1.165, 1.54) is 34.5 Å². The highest BCUT2D eigenvalue weighted by Gasteiger charge is 2.37. The number of H-pyrrole nitrogens is 1. The molecule has 3 aromatic heterocycles. The molecule has 4 aromatic rings. The summed E-state index contributed by atoms with van der Waals surface area (Å²) in [5.74, 6) is -0.896. The van der Waals surface area contributed by atoms with Crippen molar-refractivity contribution in [3.63, 3.8) is 0 Å². The van der Waals surface area contributed by atoms with Crippen LogP contribution in [0, 0.1) is 5.82 Å². The fourth-order valence-electron chi connectivity index (χ4n) is 3.44. The predicted octanol–water partition coefficient (Wildman–Crippen LogP) is 3.16. The van der Waals surface area contributed by atoms with Gasteiger partial charge in [0.05, 0.1) is 27.1 Å². The molecular formula is C20H14FN7O2S. The molecule has 1 amide bonds. The number of nitrogens with zero attached hydrogens (tertiary/aromatic N) is 6. The largest absolute Gasteiger partial charge is 0.507 e. The number of hydrogen-bond donors (Lipinski definition) is 2. The van der Waals surface area contributed by atoms with E-state index in [1.54, 1.807) is 30.6 Å². The number of carbonyl (C=O) groups excluding carboxylic acids is 1. The molecule has 0 fully saturated rings. The number of aromatic amines is 1. The van der Waals surface area contributed by atoms with Gasteiger partial charge in [-0.05, 0) is 35.5 Å². The monoisotopic (exact) mass is 435 g/mol. The van der Waals surface area contributed by atoms with Gasteiger partial charge >= 0.3 is 0 Å². The summed E-state index contributed by atoms with van der Waals surface area (Å²) in [7, 11) is 0. The van der Waals surface area contributed by atoms with Crippen LogP contribution in [0.2, 0.25) is 0 Å². The average molecular weight is 435 g/mol. The van der Waals surface area contributed by atoms with Gasteiger partial charge < -0.3 is 5.11 Å². The minimum absolute atomic E-state index is 0.0217. The van der Waals surface area contributed by atoms with Gasteiger partial charge in [0.2, 0.25) is 5.82 Å². The Morgan fingerprint density at radius 3 is 2.87 bits per heavy atom. The van der Waals surface area contributed by atoms with Crippen molar-refractivity contribution in [2.24, 2.45) is 5.10 Å². The topological polar surface area (TPSA) is 120 Å². The van der Waals surface area contributed by atoms with Crippen molar-refractivity contribution in [3.05, 3.63) is 76.7 Å². The lowest BCUT2D eigenvalue weighted by atomic mass is 9.97. The Morgan fingerprint density at radius 2 is 2.13 bits per heavy atom. The molecule has 1 aliphatic heterocycles. The molecule has 5 rings (SSSR count). The van der Waals surface area contributed by atoms with Crippen LogP contribution < -0.4 is 0 Å². The lowest BCUT2D eigenvalue weighted by Crippen LogP contribution is -2.27. The molecule has 1 atom stereocenters. The molecule has 0 spiro atoms. The molecular weight excluding hydrogens is 421 g/mol. The van der Waals surface area contributed by atoms with Gasteiger partial charge in [0, 0.05) is 24.4 Å². The van der Waals surface area contributed by atoms with Crippen LogP contribution in [0.15, 0.2) is 60.0 Å². The normalized spacial score (nSPS) is 15.8. The van der Waals surface area contributed by atoms with E-state index in [0.29, 0.717) is 21.3 Å². The van der Waals surface area contributed by atoms with Crippen LogP contribution in [0.5, 0.6) is 5.75 Å². The van der Waals surface area contributed by atoms with Crippen LogP contribution in [0.1, 0.15) is 33.3 Å². The number of tetrazole rings is 1. The Labute approximate surface area is 178 Å². The molecule has 1 aromatic carbocycles. The number of nitrogens with one attached hydrogen (secondary N) is 1. The first kappa shape index (κ1) is 19.0. The first-order valence-corrected chi connectivity index (χ1v) is 10.1. The summed E-state index contributed by atoms with van der Waals surface area (Å²) >= 11 is 1.17. The number of benzene rings is 1. The zero-order valence-electron chi connectivity index (χ0n) is 15.8. The van der Waals surface area contributed by atoms with Crippen LogP contribution in [0.25, 0.3) is 10.7 Å². The number of phenols is 1. The number of rotatable bonds is 4. The number of thiophene rings is 1. The molecule has 0 saturated heterocycles. The Kier molecular flexibility index (Phi) is 4.71. The number of amides is 1. The van der Waals surface area contributed by atoms with E-state index in [-0.39, 0.29) is 17.7 Å². The van der Waals surface area contributed by atoms with E-state index < -0.39 is 17.8 Å². The second-order valence-corrected chi connectivity index (χ2v) is 7.81. The standard InChI is InChI=1S/C20H14FN7O2S/c21-12-4-1-5-15(29)18(12)14-9-13(11-3-2-8-22-10-11)25-28(14)20(30)17-7-6-16(31-17)19-23-26-27-24-19/h1-8,10,14,29H,9H2,(H,23,24,26,27). The number of pyridine rings is 1. The third-order valence-electron chi connectivity index (χ3n) is 4.86. The minimum Gasteiger partial charge on any atom is -0.507 e. The van der Waals surface area contributed by atoms with E-state index in [1.807, 2.05) is 6.07 Å². The molecule has 4 heterocycles. The van der Waals surface area contributed by atoms with Crippen LogP contribution in [-0.2, 0) is 0 Å². The molecule has 1 aliphatic rings. The summed E-state index contributed by atoms with van der Waals surface area (Å²) < 4.78 is 14.7. The summed E-state index contributed by atoms with van der Waals surface area (Å²) in [5.41, 5.74) is 1.31. The van der Waals surface area contributed by atoms with Gasteiger partial charge in [-0.15, -0.1) is 21.5 Å². The van der Waals surface area contributed by atoms with E-state index >= 15 is 0 Å². The van der Waals surface area contributed by atoms with Crippen molar-refractivity contribution < 1.29 is 14.3 Å². The van der Waals surface area contributed by atoms with Crippen LogP contribution in [-0.4, -0.2) is 47.3 Å². The van der Waals surface area contributed by atoms with Gasteiger partial charge in [-0.2, -0.15) is 10.3 Å². The van der Waals surface area contributed by atoms with Gasteiger partial charge in [-0.3, -0.25) is 9.78 Å². The third-order valence-corrected chi connectivity index (χ3v) is 5.93. The summed E-state index contributed by atoms with van der Waals surface area (Å²) in [6.07, 6.45) is 3.49. The van der Waals surface area contributed by atoms with Gasteiger partial charge in [-0.25, -0.2) is 9.40 Å². The number of hydrazone groups is 1. The number of carbonyl (C=O) groups is 1. The molecule has 11 heteroatoms. The first-order valence-electron chi connectivity index (χ1n) is 9.24. The molecule has 31 heavy (non-hydrogen) atoms. The van der Waals surface area contributed by atoms with Crippen molar-refractivity contribution in [2.75, 3.05) is 0 Å². The summed E-state index contributed by atoms with van der Waals surface area (Å²) in [5, 5.41) is 29.8. The second-order valence-electron chi connectivity index (χ2n) is 6.73. The smallest absolute Gasteiger partial charge is 0.284 e.